The molecular formula is C13H19N3O3S. The van der Waals surface area contributed by atoms with Gasteiger partial charge in [-0.2, -0.15) is 0 Å². The first-order valence-electron chi connectivity index (χ1n) is 6.41. The maximum atomic E-state index is 11.7. The molecule has 1 fully saturated rings. The van der Waals surface area contributed by atoms with Crippen molar-refractivity contribution in [3.05, 3.63) is 35.4 Å². The summed E-state index contributed by atoms with van der Waals surface area (Å²) >= 11 is -1.99. The van der Waals surface area contributed by atoms with E-state index in [9.17, 15) is 13.6 Å². The van der Waals surface area contributed by atoms with Gasteiger partial charge in [0.2, 0.25) is 5.91 Å². The van der Waals surface area contributed by atoms with Gasteiger partial charge in [-0.3, -0.25) is 9.69 Å². The number of amides is 1. The first kappa shape index (κ1) is 15.1. The largest absolute Gasteiger partial charge is 0.366 e. The molecule has 0 bridgehead atoms. The van der Waals surface area contributed by atoms with E-state index >= 15 is 0 Å². The maximum Gasteiger partial charge on any atom is 0.248 e. The second-order valence-corrected chi connectivity index (χ2v) is 5.95. The third-order valence-corrected chi connectivity index (χ3v) is 4.49. The summed E-state index contributed by atoms with van der Waals surface area (Å²) in [6.45, 7) is 3.22. The number of piperazine rings is 1. The summed E-state index contributed by atoms with van der Waals surface area (Å²) in [5.41, 5.74) is 6.31. The molecule has 7 heteroatoms. The lowest BCUT2D eigenvalue weighted by Gasteiger charge is -2.36. The van der Waals surface area contributed by atoms with Crippen LogP contribution in [0.4, 0.5) is 0 Å². The van der Waals surface area contributed by atoms with Crippen LogP contribution < -0.4 is 5.73 Å². The summed E-state index contributed by atoms with van der Waals surface area (Å²) in [7, 11) is 2.03. The Morgan fingerprint density at radius 3 is 2.25 bits per heavy atom. The van der Waals surface area contributed by atoms with Gasteiger partial charge in [-0.1, -0.05) is 12.1 Å². The van der Waals surface area contributed by atoms with E-state index < -0.39 is 22.4 Å². The zero-order chi connectivity index (χ0) is 14.7. The fourth-order valence-electron chi connectivity index (χ4n) is 2.32. The van der Waals surface area contributed by atoms with Crippen molar-refractivity contribution in [3.8, 4) is 0 Å². The van der Waals surface area contributed by atoms with Crippen LogP contribution in [0.25, 0.3) is 0 Å². The quantitative estimate of drug-likeness (QED) is 0.778. The molecule has 1 aliphatic rings. The molecule has 0 spiro atoms. The zero-order valence-electron chi connectivity index (χ0n) is 11.4. The molecule has 20 heavy (non-hydrogen) atoms. The van der Waals surface area contributed by atoms with Gasteiger partial charge < -0.3 is 15.2 Å². The third kappa shape index (κ3) is 3.43. The lowest BCUT2D eigenvalue weighted by molar-refractivity contribution is 0.1000. The van der Waals surface area contributed by atoms with Crippen molar-refractivity contribution < 1.29 is 13.6 Å². The number of likely N-dealkylation sites (N-methyl/N-ethyl adjacent to an activating group) is 1. The summed E-state index contributed by atoms with van der Waals surface area (Å²) in [6.07, 6.45) is 0. The minimum atomic E-state index is -1.99. The molecule has 0 aromatic heterocycles. The number of hydrogen-bond donors (Lipinski definition) is 2. The number of nitrogens with two attached hydrogens (primary N) is 1. The average molecular weight is 297 g/mol. The van der Waals surface area contributed by atoms with Crippen LogP contribution >= 0.6 is 0 Å². The molecule has 2 atom stereocenters. The van der Waals surface area contributed by atoms with Gasteiger partial charge in [0.15, 0.2) is 11.1 Å². The normalized spacial score (nSPS) is 20.5. The molecule has 0 saturated carbocycles. The van der Waals surface area contributed by atoms with Crippen molar-refractivity contribution in [3.63, 3.8) is 0 Å². The molecule has 1 heterocycles. The second-order valence-electron chi connectivity index (χ2n) is 4.95. The second kappa shape index (κ2) is 6.45. The van der Waals surface area contributed by atoms with Crippen molar-refractivity contribution in [2.45, 2.75) is 5.37 Å². The van der Waals surface area contributed by atoms with Gasteiger partial charge in [-0.15, -0.1) is 0 Å². The van der Waals surface area contributed by atoms with Crippen molar-refractivity contribution in [1.82, 2.24) is 9.80 Å². The van der Waals surface area contributed by atoms with Crippen LogP contribution in [0, 0.1) is 0 Å². The van der Waals surface area contributed by atoms with Crippen LogP contribution in [0.3, 0.4) is 0 Å². The molecule has 2 unspecified atom stereocenters. The summed E-state index contributed by atoms with van der Waals surface area (Å²) in [5, 5.41) is -0.564. The van der Waals surface area contributed by atoms with Crippen LogP contribution in [-0.2, 0) is 11.1 Å². The first-order valence-corrected chi connectivity index (χ1v) is 7.58. The van der Waals surface area contributed by atoms with E-state index in [0.717, 1.165) is 31.7 Å². The smallest absolute Gasteiger partial charge is 0.248 e. The van der Waals surface area contributed by atoms with Crippen molar-refractivity contribution in [2.24, 2.45) is 5.73 Å². The molecule has 1 amide bonds. The summed E-state index contributed by atoms with van der Waals surface area (Å²) in [4.78, 5) is 15.2. The topological polar surface area (TPSA) is 86.9 Å². The Morgan fingerprint density at radius 1 is 1.25 bits per heavy atom. The summed E-state index contributed by atoms with van der Waals surface area (Å²) in [6, 6.07) is 6.57. The zero-order valence-corrected chi connectivity index (χ0v) is 12.2. The van der Waals surface area contributed by atoms with E-state index in [1.165, 1.54) is 0 Å². The average Bonchev–Trinajstić information content (AvgIpc) is 2.41. The predicted octanol–water partition coefficient (Wildman–Crippen LogP) is 0.253. The Morgan fingerprint density at radius 2 is 1.80 bits per heavy atom. The van der Waals surface area contributed by atoms with Crippen LogP contribution in [0.5, 0.6) is 0 Å². The Hall–Kier alpha value is -1.28. The molecule has 3 N–H and O–H groups in total. The summed E-state index contributed by atoms with van der Waals surface area (Å²) in [5.74, 6) is -0.502. The standard InChI is InChI=1S/C13H19N3O3S/c1-15-6-8-16(9-7-15)13(20(18)19)11-4-2-10(3-5-11)12(14)17/h2-5,13H,6-9H2,1H3,(H2,14,17)(H,18,19). The maximum absolute atomic E-state index is 11.7. The molecule has 6 nitrogen and oxygen atoms in total. The number of carbonyl (C=O) groups is 1. The van der Waals surface area contributed by atoms with E-state index in [1.54, 1.807) is 24.3 Å². The van der Waals surface area contributed by atoms with Gasteiger partial charge in [0, 0.05) is 31.7 Å². The Bertz CT molecular complexity index is 498. The number of hydrogen-bond acceptors (Lipinski definition) is 4. The number of rotatable bonds is 4. The molecule has 0 aliphatic carbocycles. The highest BCUT2D eigenvalue weighted by Gasteiger charge is 2.28. The van der Waals surface area contributed by atoms with Crippen LogP contribution in [0.2, 0.25) is 0 Å². The van der Waals surface area contributed by atoms with E-state index in [4.69, 9.17) is 5.73 Å². The summed E-state index contributed by atoms with van der Waals surface area (Å²) < 4.78 is 21.3. The monoisotopic (exact) mass is 297 g/mol. The molecule has 1 aromatic carbocycles. The van der Waals surface area contributed by atoms with Gasteiger partial charge in [0.05, 0.1) is 0 Å². The van der Waals surface area contributed by atoms with E-state index in [1.807, 2.05) is 11.9 Å². The van der Waals surface area contributed by atoms with Gasteiger partial charge in [-0.05, 0) is 24.7 Å². The van der Waals surface area contributed by atoms with Crippen molar-refractivity contribution in [2.75, 3.05) is 33.2 Å². The molecular weight excluding hydrogens is 278 g/mol. The third-order valence-electron chi connectivity index (χ3n) is 3.54. The van der Waals surface area contributed by atoms with Gasteiger partial charge in [0.1, 0.15) is 5.37 Å². The van der Waals surface area contributed by atoms with Gasteiger partial charge in [0.25, 0.3) is 0 Å². The van der Waals surface area contributed by atoms with E-state index in [2.05, 4.69) is 4.90 Å². The molecule has 1 aromatic rings. The highest BCUT2D eigenvalue weighted by atomic mass is 32.2. The number of carbonyl (C=O) groups excluding carboxylic acids is 1. The first-order chi connectivity index (χ1) is 9.49. The van der Waals surface area contributed by atoms with E-state index in [-0.39, 0.29) is 0 Å². The lowest BCUT2D eigenvalue weighted by Crippen LogP contribution is -2.46. The number of nitrogens with zero attached hydrogens (tertiary/aromatic N) is 2. The molecule has 110 valence electrons. The van der Waals surface area contributed by atoms with Crippen molar-refractivity contribution in [1.29, 1.82) is 0 Å². The van der Waals surface area contributed by atoms with Crippen LogP contribution in [0.1, 0.15) is 21.3 Å². The highest BCUT2D eigenvalue weighted by Crippen LogP contribution is 2.25. The number of primary amides is 1. The van der Waals surface area contributed by atoms with E-state index in [0.29, 0.717) is 5.56 Å². The molecule has 2 rings (SSSR count). The number of benzene rings is 1. The van der Waals surface area contributed by atoms with Gasteiger partial charge in [-0.25, -0.2) is 4.21 Å². The molecule has 0 radical (unpaired) electrons. The minimum absolute atomic E-state index is 0.398. The van der Waals surface area contributed by atoms with Gasteiger partial charge >= 0.3 is 0 Å². The highest BCUT2D eigenvalue weighted by molar-refractivity contribution is 7.79. The fraction of sp³-hybridized carbons (Fsp3) is 0.462. The predicted molar refractivity (Wildman–Crippen MR) is 77.5 cm³/mol. The van der Waals surface area contributed by atoms with Crippen LogP contribution in [0.15, 0.2) is 24.3 Å². The minimum Gasteiger partial charge on any atom is -0.366 e. The lowest BCUT2D eigenvalue weighted by atomic mass is 10.1. The Kier molecular flexibility index (Phi) is 4.87. The van der Waals surface area contributed by atoms with Crippen LogP contribution in [-0.4, -0.2) is 57.7 Å². The van der Waals surface area contributed by atoms with Crippen molar-refractivity contribution >= 4 is 17.0 Å². The SMILES string of the molecule is CN1CCN(C(c2ccc(C(N)=O)cc2)S(=O)O)CC1. The fourth-order valence-corrected chi connectivity index (χ4v) is 3.18. The Balaban J connectivity index is 2.20. The Labute approximate surface area is 120 Å². The molecule has 1 aliphatic heterocycles. The molecule has 1 saturated heterocycles.